The molecular weight excluding hydrogens is 254 g/mol. The van der Waals surface area contributed by atoms with Crippen LogP contribution in [0.15, 0.2) is 0 Å². The number of hydrogen-bond acceptors (Lipinski definition) is 4. The Morgan fingerprint density at radius 2 is 1.47 bits per heavy atom. The number of primary amides is 2. The van der Waals surface area contributed by atoms with Crippen molar-refractivity contribution in [3.8, 4) is 0 Å². The molecule has 3 amide bonds. The Morgan fingerprint density at radius 1 is 1.05 bits per heavy atom. The molecule has 19 heavy (non-hydrogen) atoms. The largest absolute Gasteiger partial charge is 0.481 e. The summed E-state index contributed by atoms with van der Waals surface area (Å²) in [4.78, 5) is 45.8. The lowest BCUT2D eigenvalue weighted by molar-refractivity contribution is -0.143. The molecular formula is C11H17N3O5. The van der Waals surface area contributed by atoms with Gasteiger partial charge in [-0.05, 0) is 5.41 Å². The van der Waals surface area contributed by atoms with E-state index in [4.69, 9.17) is 16.6 Å². The van der Waals surface area contributed by atoms with Crippen molar-refractivity contribution in [2.45, 2.75) is 13.8 Å². The Bertz CT molecular complexity index is 430. The molecule has 1 aliphatic carbocycles. The molecule has 1 saturated carbocycles. The molecule has 1 rings (SSSR count). The number of carbonyl (C=O) groups excluding carboxylic acids is 3. The molecule has 0 spiro atoms. The van der Waals surface area contributed by atoms with Crippen molar-refractivity contribution < 1.29 is 24.3 Å². The van der Waals surface area contributed by atoms with Gasteiger partial charge in [0.05, 0.1) is 24.9 Å². The standard InChI is InChI=1S/C11H17N3O5/c1-11(2)7(8(11)10(18)19)9(17)14(3-5(12)15)4-6(13)16/h7-8H,3-4H2,1-2H3,(H2,12,15)(H2,13,16)(H,18,19). The molecule has 2 unspecified atom stereocenters. The number of carboxylic acids is 1. The fraction of sp³-hybridized carbons (Fsp3) is 0.636. The van der Waals surface area contributed by atoms with Gasteiger partial charge in [-0.1, -0.05) is 13.8 Å². The lowest BCUT2D eigenvalue weighted by atomic mass is 10.1. The minimum Gasteiger partial charge on any atom is -0.481 e. The number of amides is 3. The van der Waals surface area contributed by atoms with E-state index in [0.717, 1.165) is 4.90 Å². The van der Waals surface area contributed by atoms with Crippen LogP contribution in [0.5, 0.6) is 0 Å². The molecule has 0 heterocycles. The van der Waals surface area contributed by atoms with E-state index in [1.165, 1.54) is 0 Å². The summed E-state index contributed by atoms with van der Waals surface area (Å²) in [5.74, 6) is -4.86. The number of aliphatic carboxylic acids is 1. The third-order valence-electron chi connectivity index (χ3n) is 3.36. The molecule has 8 nitrogen and oxygen atoms in total. The molecule has 5 N–H and O–H groups in total. The number of carboxylic acid groups (broad SMARTS) is 1. The lowest BCUT2D eigenvalue weighted by Crippen LogP contribution is -2.44. The Hall–Kier alpha value is -2.12. The summed E-state index contributed by atoms with van der Waals surface area (Å²) < 4.78 is 0. The summed E-state index contributed by atoms with van der Waals surface area (Å²) in [6, 6.07) is 0. The highest BCUT2D eigenvalue weighted by molar-refractivity contribution is 5.95. The second-order valence-electron chi connectivity index (χ2n) is 5.24. The van der Waals surface area contributed by atoms with Crippen LogP contribution < -0.4 is 11.5 Å². The van der Waals surface area contributed by atoms with Gasteiger partial charge >= 0.3 is 5.97 Å². The maximum atomic E-state index is 12.2. The zero-order valence-corrected chi connectivity index (χ0v) is 10.8. The minimum atomic E-state index is -1.08. The molecule has 0 radical (unpaired) electrons. The topological polar surface area (TPSA) is 144 Å². The first-order chi connectivity index (χ1) is 8.59. The first-order valence-electron chi connectivity index (χ1n) is 5.67. The third kappa shape index (κ3) is 3.01. The van der Waals surface area contributed by atoms with Crippen molar-refractivity contribution in [1.29, 1.82) is 0 Å². The van der Waals surface area contributed by atoms with Crippen LogP contribution in [-0.4, -0.2) is 46.8 Å². The van der Waals surface area contributed by atoms with Crippen LogP contribution in [0.3, 0.4) is 0 Å². The predicted octanol–water partition coefficient (Wildman–Crippen LogP) is -1.86. The molecule has 0 aliphatic heterocycles. The summed E-state index contributed by atoms with van der Waals surface area (Å²) in [5, 5.41) is 9.00. The van der Waals surface area contributed by atoms with Crippen LogP contribution in [0.2, 0.25) is 0 Å². The molecule has 0 aromatic carbocycles. The normalized spacial score (nSPS) is 23.5. The molecule has 0 saturated heterocycles. The zero-order chi connectivity index (χ0) is 15.0. The van der Waals surface area contributed by atoms with Gasteiger partial charge in [0.15, 0.2) is 0 Å². The van der Waals surface area contributed by atoms with E-state index in [9.17, 15) is 19.2 Å². The van der Waals surface area contributed by atoms with Crippen LogP contribution in [-0.2, 0) is 19.2 Å². The van der Waals surface area contributed by atoms with Crippen LogP contribution >= 0.6 is 0 Å². The van der Waals surface area contributed by atoms with Gasteiger partial charge in [0, 0.05) is 0 Å². The molecule has 0 bridgehead atoms. The lowest BCUT2D eigenvalue weighted by Gasteiger charge is -2.20. The highest BCUT2D eigenvalue weighted by Crippen LogP contribution is 2.58. The van der Waals surface area contributed by atoms with E-state index < -0.39 is 54.0 Å². The van der Waals surface area contributed by atoms with Gasteiger partial charge in [-0.15, -0.1) is 0 Å². The summed E-state index contributed by atoms with van der Waals surface area (Å²) >= 11 is 0. The fourth-order valence-corrected chi connectivity index (χ4v) is 2.34. The molecule has 8 heteroatoms. The van der Waals surface area contributed by atoms with Crippen molar-refractivity contribution >= 4 is 23.7 Å². The van der Waals surface area contributed by atoms with Gasteiger partial charge in [-0.25, -0.2) is 0 Å². The second kappa shape index (κ2) is 4.87. The monoisotopic (exact) mass is 271 g/mol. The van der Waals surface area contributed by atoms with E-state index in [0.29, 0.717) is 0 Å². The summed E-state index contributed by atoms with van der Waals surface area (Å²) in [5.41, 5.74) is 9.26. The van der Waals surface area contributed by atoms with Crippen molar-refractivity contribution in [2.75, 3.05) is 13.1 Å². The Kier molecular flexibility index (Phi) is 3.83. The second-order valence-corrected chi connectivity index (χ2v) is 5.24. The van der Waals surface area contributed by atoms with E-state index in [-0.39, 0.29) is 0 Å². The molecule has 1 fully saturated rings. The van der Waals surface area contributed by atoms with Crippen molar-refractivity contribution in [1.82, 2.24) is 4.90 Å². The van der Waals surface area contributed by atoms with Gasteiger partial charge in [0.1, 0.15) is 0 Å². The summed E-state index contributed by atoms with van der Waals surface area (Å²) in [6.07, 6.45) is 0. The van der Waals surface area contributed by atoms with E-state index >= 15 is 0 Å². The van der Waals surface area contributed by atoms with Crippen molar-refractivity contribution in [3.05, 3.63) is 0 Å². The number of rotatable bonds is 6. The zero-order valence-electron chi connectivity index (χ0n) is 10.8. The molecule has 0 aromatic rings. The van der Waals surface area contributed by atoms with Gasteiger partial charge in [-0.2, -0.15) is 0 Å². The van der Waals surface area contributed by atoms with Gasteiger partial charge < -0.3 is 21.5 Å². The Balaban J connectivity index is 2.86. The van der Waals surface area contributed by atoms with Crippen molar-refractivity contribution in [3.63, 3.8) is 0 Å². The molecule has 106 valence electrons. The first-order valence-corrected chi connectivity index (χ1v) is 5.67. The van der Waals surface area contributed by atoms with E-state index in [1.807, 2.05) is 0 Å². The van der Waals surface area contributed by atoms with E-state index in [2.05, 4.69) is 0 Å². The molecule has 2 atom stereocenters. The highest BCUT2D eigenvalue weighted by atomic mass is 16.4. The SMILES string of the molecule is CC1(C)C(C(=O)O)C1C(=O)N(CC(N)=O)CC(N)=O. The number of hydrogen-bond donors (Lipinski definition) is 3. The van der Waals surface area contributed by atoms with Gasteiger partial charge in [0.25, 0.3) is 0 Å². The quantitative estimate of drug-likeness (QED) is 0.519. The predicted molar refractivity (Wildman–Crippen MR) is 63.4 cm³/mol. The Morgan fingerprint density at radius 3 is 1.74 bits per heavy atom. The average Bonchev–Trinajstić information content (AvgIpc) is 2.78. The average molecular weight is 271 g/mol. The maximum Gasteiger partial charge on any atom is 0.307 e. The highest BCUT2D eigenvalue weighted by Gasteiger charge is 2.66. The van der Waals surface area contributed by atoms with E-state index in [1.54, 1.807) is 13.8 Å². The molecule has 0 aromatic heterocycles. The number of nitrogens with two attached hydrogens (primary N) is 2. The van der Waals surface area contributed by atoms with Crippen LogP contribution in [0.25, 0.3) is 0 Å². The Labute approximate surface area is 109 Å². The third-order valence-corrected chi connectivity index (χ3v) is 3.36. The van der Waals surface area contributed by atoms with Crippen molar-refractivity contribution in [2.24, 2.45) is 28.7 Å². The summed E-state index contributed by atoms with van der Waals surface area (Å²) in [7, 11) is 0. The maximum absolute atomic E-state index is 12.2. The smallest absolute Gasteiger partial charge is 0.307 e. The fourth-order valence-electron chi connectivity index (χ4n) is 2.34. The van der Waals surface area contributed by atoms with Gasteiger partial charge in [-0.3, -0.25) is 19.2 Å². The first kappa shape index (κ1) is 14.9. The number of carbonyl (C=O) groups is 4. The van der Waals surface area contributed by atoms with Crippen LogP contribution in [0.4, 0.5) is 0 Å². The van der Waals surface area contributed by atoms with Crippen LogP contribution in [0, 0.1) is 17.3 Å². The minimum absolute atomic E-state index is 0.458. The molecule has 1 aliphatic rings. The van der Waals surface area contributed by atoms with Crippen LogP contribution in [0.1, 0.15) is 13.8 Å². The summed E-state index contributed by atoms with van der Waals surface area (Å²) in [6.45, 7) is 2.36. The van der Waals surface area contributed by atoms with Gasteiger partial charge in [0.2, 0.25) is 17.7 Å². The number of nitrogens with zero attached hydrogens (tertiary/aromatic N) is 1.